The minimum Gasteiger partial charge on any atom is -0.332 e. The van der Waals surface area contributed by atoms with Crippen LogP contribution >= 0.6 is 11.3 Å². The van der Waals surface area contributed by atoms with Crippen LogP contribution in [-0.2, 0) is 30.4 Å². The van der Waals surface area contributed by atoms with Gasteiger partial charge >= 0.3 is 6.18 Å². The number of aromatic nitrogens is 1. The average Bonchev–Trinajstić information content (AvgIpc) is 3.29. The van der Waals surface area contributed by atoms with Gasteiger partial charge in [0, 0.05) is 30.4 Å². The average molecular weight is 477 g/mol. The Kier molecular flexibility index (Phi) is 6.20. The number of halogens is 4. The topological polar surface area (TPSA) is 62.3 Å². The number of amides is 2. The molecule has 0 bridgehead atoms. The first-order valence-electron chi connectivity index (χ1n) is 10.1. The molecular formula is C23H19F4N3O2S. The van der Waals surface area contributed by atoms with E-state index in [4.69, 9.17) is 0 Å². The molecule has 4 rings (SSSR count). The van der Waals surface area contributed by atoms with Gasteiger partial charge in [-0.1, -0.05) is 18.2 Å². The Morgan fingerprint density at radius 1 is 1.21 bits per heavy atom. The minimum atomic E-state index is -4.79. The van der Waals surface area contributed by atoms with Gasteiger partial charge in [-0.05, 0) is 47.7 Å². The zero-order valence-electron chi connectivity index (χ0n) is 17.5. The lowest BCUT2D eigenvalue weighted by molar-refractivity contribution is -0.140. The third kappa shape index (κ3) is 4.90. The first-order chi connectivity index (χ1) is 15.6. The molecule has 0 atom stereocenters. The summed E-state index contributed by atoms with van der Waals surface area (Å²) in [7, 11) is 0. The van der Waals surface area contributed by atoms with Crippen molar-refractivity contribution >= 4 is 28.8 Å². The van der Waals surface area contributed by atoms with Gasteiger partial charge in [-0.2, -0.15) is 13.2 Å². The lowest BCUT2D eigenvalue weighted by Gasteiger charge is -2.30. The summed E-state index contributed by atoms with van der Waals surface area (Å²) in [5, 5.41) is 4.99. The van der Waals surface area contributed by atoms with Crippen LogP contribution in [0.4, 0.5) is 23.2 Å². The zero-order chi connectivity index (χ0) is 23.8. The van der Waals surface area contributed by atoms with E-state index in [9.17, 15) is 27.2 Å². The summed E-state index contributed by atoms with van der Waals surface area (Å²) in [6.07, 6.45) is -2.96. The second-order valence-corrected chi connectivity index (χ2v) is 8.64. The SMILES string of the molecule is Cc1ccc2c(c1NC(=O)Cc1ccc(C(F)(F)F)c(F)c1)CCN(C(=O)c1nccs1)C2. The monoisotopic (exact) mass is 477 g/mol. The quantitative estimate of drug-likeness (QED) is 0.539. The predicted molar refractivity (Wildman–Crippen MR) is 115 cm³/mol. The van der Waals surface area contributed by atoms with E-state index in [1.54, 1.807) is 16.5 Å². The van der Waals surface area contributed by atoms with Crippen LogP contribution in [0.25, 0.3) is 0 Å². The van der Waals surface area contributed by atoms with E-state index in [1.807, 2.05) is 19.1 Å². The van der Waals surface area contributed by atoms with Gasteiger partial charge in [0.05, 0.1) is 12.0 Å². The highest BCUT2D eigenvalue weighted by Crippen LogP contribution is 2.32. The van der Waals surface area contributed by atoms with Crippen LogP contribution < -0.4 is 5.32 Å². The van der Waals surface area contributed by atoms with E-state index in [0.717, 1.165) is 28.8 Å². The molecule has 0 saturated carbocycles. The Bertz CT molecular complexity index is 1210. The van der Waals surface area contributed by atoms with Gasteiger partial charge < -0.3 is 10.2 Å². The fourth-order valence-corrected chi connectivity index (χ4v) is 4.45. The van der Waals surface area contributed by atoms with Crippen molar-refractivity contribution < 1.29 is 27.2 Å². The minimum absolute atomic E-state index is 0.140. The van der Waals surface area contributed by atoms with Crippen molar-refractivity contribution in [1.82, 2.24) is 9.88 Å². The fourth-order valence-electron chi connectivity index (χ4n) is 3.85. The van der Waals surface area contributed by atoms with Crippen molar-refractivity contribution in [3.8, 4) is 0 Å². The second kappa shape index (κ2) is 8.93. The predicted octanol–water partition coefficient (Wildman–Crippen LogP) is 4.99. The maximum absolute atomic E-state index is 13.8. The van der Waals surface area contributed by atoms with E-state index >= 15 is 0 Å². The van der Waals surface area contributed by atoms with Crippen LogP contribution in [0.3, 0.4) is 0 Å². The number of hydrogen-bond acceptors (Lipinski definition) is 4. The van der Waals surface area contributed by atoms with Crippen LogP contribution in [0.1, 0.15) is 37.6 Å². The molecule has 1 aliphatic rings. The molecule has 2 heterocycles. The lowest BCUT2D eigenvalue weighted by atomic mass is 9.94. The van der Waals surface area contributed by atoms with Crippen molar-refractivity contribution in [1.29, 1.82) is 0 Å². The highest BCUT2D eigenvalue weighted by Gasteiger charge is 2.34. The van der Waals surface area contributed by atoms with Crippen molar-refractivity contribution in [2.75, 3.05) is 11.9 Å². The van der Waals surface area contributed by atoms with Gasteiger partial charge in [0.25, 0.3) is 5.91 Å². The number of carbonyl (C=O) groups excluding carboxylic acids is 2. The Morgan fingerprint density at radius 2 is 2.00 bits per heavy atom. The van der Waals surface area contributed by atoms with E-state index in [2.05, 4.69) is 10.3 Å². The fraction of sp³-hybridized carbons (Fsp3) is 0.261. The van der Waals surface area contributed by atoms with Crippen LogP contribution in [0.2, 0.25) is 0 Å². The number of aryl methyl sites for hydroxylation is 1. The smallest absolute Gasteiger partial charge is 0.332 e. The number of benzene rings is 2. The number of fused-ring (bicyclic) bond motifs is 1. The van der Waals surface area contributed by atoms with Gasteiger partial charge in [0.15, 0.2) is 5.01 Å². The third-order valence-electron chi connectivity index (χ3n) is 5.48. The normalized spacial score (nSPS) is 13.5. The molecule has 3 aromatic rings. The summed E-state index contributed by atoms with van der Waals surface area (Å²) in [5.41, 5.74) is 2.02. The number of nitrogens with one attached hydrogen (secondary N) is 1. The molecule has 33 heavy (non-hydrogen) atoms. The van der Waals surface area contributed by atoms with Crippen molar-refractivity contribution in [3.63, 3.8) is 0 Å². The summed E-state index contributed by atoms with van der Waals surface area (Å²) >= 11 is 1.28. The largest absolute Gasteiger partial charge is 0.419 e. The van der Waals surface area contributed by atoms with Gasteiger partial charge in [0.1, 0.15) is 5.82 Å². The maximum Gasteiger partial charge on any atom is 0.419 e. The van der Waals surface area contributed by atoms with Crippen molar-refractivity contribution in [3.05, 3.63) is 80.6 Å². The Labute approximate surface area is 191 Å². The van der Waals surface area contributed by atoms with Gasteiger partial charge in [-0.15, -0.1) is 11.3 Å². The van der Waals surface area contributed by atoms with Crippen molar-refractivity contribution in [2.24, 2.45) is 0 Å². The molecule has 0 saturated heterocycles. The highest BCUT2D eigenvalue weighted by molar-refractivity contribution is 7.11. The van der Waals surface area contributed by atoms with Crippen LogP contribution in [0.5, 0.6) is 0 Å². The molecule has 1 aromatic heterocycles. The van der Waals surface area contributed by atoms with E-state index in [-0.39, 0.29) is 17.9 Å². The summed E-state index contributed by atoms with van der Waals surface area (Å²) in [4.78, 5) is 31.0. The summed E-state index contributed by atoms with van der Waals surface area (Å²) in [6, 6.07) is 6.22. The zero-order valence-corrected chi connectivity index (χ0v) is 18.3. The summed E-state index contributed by atoms with van der Waals surface area (Å²) in [5.74, 6) is -2.02. The highest BCUT2D eigenvalue weighted by atomic mass is 32.1. The standard InChI is InChI=1S/C23H19F4N3O2S/c1-13-2-4-15-12-30(22(32)21-28-7-9-33-21)8-6-16(15)20(13)29-19(31)11-14-3-5-17(18(24)10-14)23(25,26)27/h2-5,7,9-10H,6,8,11-12H2,1H3,(H,29,31). The summed E-state index contributed by atoms with van der Waals surface area (Å²) < 4.78 is 52.1. The molecule has 1 N–H and O–H groups in total. The molecule has 0 aliphatic carbocycles. The van der Waals surface area contributed by atoms with E-state index in [1.165, 1.54) is 11.3 Å². The molecule has 1 aliphatic heterocycles. The third-order valence-corrected chi connectivity index (χ3v) is 6.24. The molecule has 2 aromatic carbocycles. The number of anilines is 1. The van der Waals surface area contributed by atoms with E-state index < -0.39 is 23.5 Å². The molecule has 0 radical (unpaired) electrons. The maximum atomic E-state index is 13.8. The van der Waals surface area contributed by atoms with Crippen LogP contribution in [0, 0.1) is 12.7 Å². The molecular weight excluding hydrogens is 458 g/mol. The molecule has 0 unspecified atom stereocenters. The van der Waals surface area contributed by atoms with Gasteiger partial charge in [-0.3, -0.25) is 9.59 Å². The molecule has 2 amide bonds. The molecule has 0 fully saturated rings. The molecule has 0 spiro atoms. The number of alkyl halides is 3. The lowest BCUT2D eigenvalue weighted by Crippen LogP contribution is -2.36. The number of rotatable bonds is 4. The number of hydrogen-bond donors (Lipinski definition) is 1. The van der Waals surface area contributed by atoms with Gasteiger partial charge in [0.2, 0.25) is 5.91 Å². The number of carbonyl (C=O) groups is 2. The molecule has 172 valence electrons. The van der Waals surface area contributed by atoms with Crippen LogP contribution in [0.15, 0.2) is 41.9 Å². The van der Waals surface area contributed by atoms with Gasteiger partial charge in [-0.25, -0.2) is 9.37 Å². The van der Waals surface area contributed by atoms with Crippen molar-refractivity contribution in [2.45, 2.75) is 32.5 Å². The first-order valence-corrected chi connectivity index (χ1v) is 11.0. The summed E-state index contributed by atoms with van der Waals surface area (Å²) in [6.45, 7) is 2.67. The molecule has 10 heteroatoms. The first kappa shape index (κ1) is 22.9. The number of thiazole rings is 1. The Hall–Kier alpha value is -3.27. The van der Waals surface area contributed by atoms with E-state index in [0.29, 0.717) is 36.3 Å². The number of nitrogens with zero attached hydrogens (tertiary/aromatic N) is 2. The van der Waals surface area contributed by atoms with Crippen LogP contribution in [-0.4, -0.2) is 28.2 Å². The Morgan fingerprint density at radius 3 is 2.67 bits per heavy atom. The Balaban J connectivity index is 1.49. The molecule has 5 nitrogen and oxygen atoms in total. The second-order valence-electron chi connectivity index (χ2n) is 7.75.